The average molecular weight is 377 g/mol. The number of halogens is 1. The Kier molecular flexibility index (Phi) is 4.06. The molecule has 1 saturated heterocycles. The van der Waals surface area contributed by atoms with Crippen LogP contribution >= 0.6 is 0 Å². The molecule has 0 bridgehead atoms. The van der Waals surface area contributed by atoms with Crippen LogP contribution in [0.1, 0.15) is 29.2 Å². The molecule has 0 spiro atoms. The van der Waals surface area contributed by atoms with Gasteiger partial charge < -0.3 is 19.3 Å². The van der Waals surface area contributed by atoms with Crippen molar-refractivity contribution in [2.45, 2.75) is 18.9 Å². The molecule has 2 fully saturated rings. The number of pyridine rings is 1. The third kappa shape index (κ3) is 2.81. The van der Waals surface area contributed by atoms with E-state index in [4.69, 9.17) is 4.74 Å². The number of ether oxygens (including phenoxy) is 1. The van der Waals surface area contributed by atoms with Crippen LogP contribution in [0.15, 0.2) is 17.1 Å². The Labute approximate surface area is 151 Å². The number of rotatable bonds is 4. The van der Waals surface area contributed by atoms with Gasteiger partial charge in [0, 0.05) is 25.3 Å². The Morgan fingerprint density at radius 3 is 2.56 bits per heavy atom. The summed E-state index contributed by atoms with van der Waals surface area (Å²) in [7, 11) is 0. The molecule has 0 atom stereocenters. The number of hydrogen-bond donors (Lipinski definition) is 1. The minimum Gasteiger partial charge on any atom is -0.477 e. The van der Waals surface area contributed by atoms with Gasteiger partial charge in [-0.05, 0) is 18.9 Å². The Bertz CT molecular complexity index is 1020. The molecule has 0 unspecified atom stereocenters. The first-order valence-electron chi connectivity index (χ1n) is 8.52. The molecule has 2 aliphatic rings. The molecule has 1 N–H and O–H groups in total. The van der Waals surface area contributed by atoms with E-state index in [1.54, 1.807) is 0 Å². The summed E-state index contributed by atoms with van der Waals surface area (Å²) < 4.78 is 21.6. The number of morpholine rings is 1. The van der Waals surface area contributed by atoms with E-state index >= 15 is 0 Å². The van der Waals surface area contributed by atoms with Crippen molar-refractivity contribution in [2.75, 3.05) is 31.2 Å². The first-order chi connectivity index (χ1) is 12.9. The fourth-order valence-electron chi connectivity index (χ4n) is 3.51. The van der Waals surface area contributed by atoms with Crippen LogP contribution in [-0.2, 0) is 4.74 Å². The van der Waals surface area contributed by atoms with Gasteiger partial charge in [-0.15, -0.1) is 0 Å². The van der Waals surface area contributed by atoms with Gasteiger partial charge in [-0.25, -0.2) is 9.18 Å². The Balaban J connectivity index is 2.11. The highest BCUT2D eigenvalue weighted by atomic mass is 19.1. The number of anilines is 1. The third-order valence-corrected chi connectivity index (χ3v) is 4.90. The minimum absolute atomic E-state index is 0.0274. The second-order valence-corrected chi connectivity index (χ2v) is 6.62. The molecule has 4 rings (SSSR count). The lowest BCUT2D eigenvalue weighted by molar-refractivity contribution is -0.382. The van der Waals surface area contributed by atoms with Crippen molar-refractivity contribution in [3.8, 4) is 0 Å². The molecular formula is C17H16FN3O6. The molecule has 1 aromatic heterocycles. The molecule has 1 aliphatic heterocycles. The molecule has 2 aromatic rings. The second-order valence-electron chi connectivity index (χ2n) is 6.62. The summed E-state index contributed by atoms with van der Waals surface area (Å²) in [6, 6.07) is 0.772. The van der Waals surface area contributed by atoms with Gasteiger partial charge in [0.2, 0.25) is 5.43 Å². The fraction of sp³-hybridized carbons (Fsp3) is 0.412. The van der Waals surface area contributed by atoms with E-state index in [9.17, 15) is 29.2 Å². The van der Waals surface area contributed by atoms with Gasteiger partial charge in [-0.1, -0.05) is 0 Å². The Hall–Kier alpha value is -3.01. The van der Waals surface area contributed by atoms with Gasteiger partial charge in [-0.3, -0.25) is 14.9 Å². The van der Waals surface area contributed by atoms with E-state index < -0.39 is 33.4 Å². The van der Waals surface area contributed by atoms with Crippen molar-refractivity contribution in [1.82, 2.24) is 4.57 Å². The monoisotopic (exact) mass is 377 g/mol. The summed E-state index contributed by atoms with van der Waals surface area (Å²) in [5, 5.41) is 20.9. The van der Waals surface area contributed by atoms with Gasteiger partial charge in [0.05, 0.1) is 23.5 Å². The number of hydrogen-bond acceptors (Lipinski definition) is 6. The van der Waals surface area contributed by atoms with Crippen molar-refractivity contribution in [1.29, 1.82) is 0 Å². The molecule has 1 saturated carbocycles. The first kappa shape index (κ1) is 17.4. The third-order valence-electron chi connectivity index (χ3n) is 4.90. The van der Waals surface area contributed by atoms with E-state index in [-0.39, 0.29) is 35.7 Å². The Morgan fingerprint density at radius 1 is 1.33 bits per heavy atom. The van der Waals surface area contributed by atoms with Crippen LogP contribution in [0.3, 0.4) is 0 Å². The summed E-state index contributed by atoms with van der Waals surface area (Å²) in [4.78, 5) is 36.7. The highest BCUT2D eigenvalue weighted by Gasteiger charge is 2.35. The number of benzene rings is 1. The molecule has 0 amide bonds. The van der Waals surface area contributed by atoms with Crippen LogP contribution in [-0.4, -0.2) is 46.9 Å². The fourth-order valence-corrected chi connectivity index (χ4v) is 3.51. The summed E-state index contributed by atoms with van der Waals surface area (Å²) in [6.45, 7) is 1.18. The normalized spacial score (nSPS) is 17.3. The van der Waals surface area contributed by atoms with Gasteiger partial charge in [0.1, 0.15) is 11.1 Å². The second kappa shape index (κ2) is 6.31. The van der Waals surface area contributed by atoms with Crippen molar-refractivity contribution in [3.05, 3.63) is 44.0 Å². The molecule has 0 radical (unpaired) electrons. The van der Waals surface area contributed by atoms with Gasteiger partial charge in [0.25, 0.3) is 0 Å². The quantitative estimate of drug-likeness (QED) is 0.639. The lowest BCUT2D eigenvalue weighted by Crippen LogP contribution is -2.37. The van der Waals surface area contributed by atoms with Crippen LogP contribution in [0.4, 0.5) is 15.8 Å². The number of carbonyl (C=O) groups is 1. The Morgan fingerprint density at radius 2 is 2.00 bits per heavy atom. The number of aromatic carboxylic acids is 1. The van der Waals surface area contributed by atoms with Crippen molar-refractivity contribution < 1.29 is 24.0 Å². The van der Waals surface area contributed by atoms with E-state index in [1.807, 2.05) is 0 Å². The lowest BCUT2D eigenvalue weighted by atomic mass is 10.1. The van der Waals surface area contributed by atoms with Crippen molar-refractivity contribution >= 4 is 28.2 Å². The number of aromatic nitrogens is 1. The number of nitrogens with zero attached hydrogens (tertiary/aromatic N) is 3. The summed E-state index contributed by atoms with van der Waals surface area (Å²) in [5.41, 5.74) is -2.17. The maximum Gasteiger partial charge on any atom is 0.341 e. The van der Waals surface area contributed by atoms with E-state index in [2.05, 4.69) is 0 Å². The molecule has 142 valence electrons. The standard InChI is InChI=1S/C17H16FN3O6/c18-12-7-10-13(15(21(25)26)14(12)19-3-5-27-6-4-19)20(9-1-2-9)8-11(16(10)22)17(23)24/h7-9H,1-6H2,(H,23,24). The molecular weight excluding hydrogens is 361 g/mol. The topological polar surface area (TPSA) is 115 Å². The highest BCUT2D eigenvalue weighted by Crippen LogP contribution is 2.43. The van der Waals surface area contributed by atoms with Crippen molar-refractivity contribution in [2.24, 2.45) is 0 Å². The smallest absolute Gasteiger partial charge is 0.341 e. The summed E-state index contributed by atoms with van der Waals surface area (Å²) in [6.07, 6.45) is 2.55. The zero-order valence-electron chi connectivity index (χ0n) is 14.2. The lowest BCUT2D eigenvalue weighted by Gasteiger charge is -2.29. The SMILES string of the molecule is O=C(O)c1cn(C2CC2)c2c([N+](=O)[O-])c(N3CCOCC3)c(F)cc2c1=O. The van der Waals surface area contributed by atoms with Crippen molar-refractivity contribution in [3.63, 3.8) is 0 Å². The van der Waals surface area contributed by atoms with Crippen LogP contribution in [0.2, 0.25) is 0 Å². The largest absolute Gasteiger partial charge is 0.477 e. The number of nitro benzene ring substituents is 1. The molecule has 27 heavy (non-hydrogen) atoms. The zero-order chi connectivity index (χ0) is 19.3. The molecule has 2 heterocycles. The maximum atomic E-state index is 14.9. The number of nitro groups is 1. The number of carboxylic acid groups (broad SMARTS) is 1. The van der Waals surface area contributed by atoms with Gasteiger partial charge >= 0.3 is 11.7 Å². The maximum absolute atomic E-state index is 14.9. The van der Waals surface area contributed by atoms with Gasteiger partial charge in [-0.2, -0.15) is 0 Å². The molecule has 10 heteroatoms. The molecule has 9 nitrogen and oxygen atoms in total. The van der Waals surface area contributed by atoms with Crippen LogP contribution < -0.4 is 10.3 Å². The molecule has 1 aliphatic carbocycles. The zero-order valence-corrected chi connectivity index (χ0v) is 14.2. The van der Waals surface area contributed by atoms with E-state index in [1.165, 1.54) is 9.47 Å². The highest BCUT2D eigenvalue weighted by molar-refractivity contribution is 5.99. The molecule has 1 aromatic carbocycles. The summed E-state index contributed by atoms with van der Waals surface area (Å²) in [5.74, 6) is -2.37. The van der Waals surface area contributed by atoms with E-state index in [0.717, 1.165) is 12.3 Å². The average Bonchev–Trinajstić information content (AvgIpc) is 3.46. The van der Waals surface area contributed by atoms with Crippen LogP contribution in [0.25, 0.3) is 10.9 Å². The minimum atomic E-state index is -1.45. The van der Waals surface area contributed by atoms with Crippen LogP contribution in [0.5, 0.6) is 0 Å². The van der Waals surface area contributed by atoms with E-state index in [0.29, 0.717) is 26.1 Å². The predicted molar refractivity (Wildman–Crippen MR) is 93.1 cm³/mol. The number of carboxylic acids is 1. The first-order valence-corrected chi connectivity index (χ1v) is 8.52. The number of fused-ring (bicyclic) bond motifs is 1. The van der Waals surface area contributed by atoms with Crippen LogP contribution in [0, 0.1) is 15.9 Å². The predicted octanol–water partition coefficient (Wildman–Crippen LogP) is 1.92. The summed E-state index contributed by atoms with van der Waals surface area (Å²) >= 11 is 0. The van der Waals surface area contributed by atoms with Gasteiger partial charge in [0.15, 0.2) is 11.5 Å².